The first kappa shape index (κ1) is 16.7. The van der Waals surface area contributed by atoms with Gasteiger partial charge in [0.2, 0.25) is 11.8 Å². The van der Waals surface area contributed by atoms with Crippen molar-refractivity contribution >= 4 is 23.4 Å². The van der Waals surface area contributed by atoms with Crippen LogP contribution in [0.4, 0.5) is 5.69 Å². The lowest BCUT2D eigenvalue weighted by molar-refractivity contribution is -0.123. The van der Waals surface area contributed by atoms with Gasteiger partial charge in [-0.1, -0.05) is 25.1 Å². The highest BCUT2D eigenvalue weighted by Gasteiger charge is 2.59. The van der Waals surface area contributed by atoms with E-state index in [2.05, 4.69) is 19.1 Å². The first-order valence-corrected chi connectivity index (χ1v) is 10.00. The monoisotopic (exact) mass is 364 g/mol. The van der Waals surface area contributed by atoms with Gasteiger partial charge in [0.05, 0.1) is 17.5 Å². The Labute approximate surface area is 159 Å². The molecule has 0 spiro atoms. The molecule has 1 saturated carbocycles. The van der Waals surface area contributed by atoms with E-state index in [1.54, 1.807) is 24.3 Å². The first-order chi connectivity index (χ1) is 13.0. The quantitative estimate of drug-likeness (QED) is 0.599. The highest BCUT2D eigenvalue weighted by molar-refractivity contribution is 6.23. The number of carbonyl (C=O) groups excluding carboxylic acids is 3. The Kier molecular flexibility index (Phi) is 3.74. The zero-order valence-corrected chi connectivity index (χ0v) is 15.5. The molecule has 2 aliphatic heterocycles. The highest BCUT2D eigenvalue weighted by atomic mass is 16.2. The molecule has 0 unspecified atom stereocenters. The van der Waals surface area contributed by atoms with Crippen LogP contribution in [-0.2, 0) is 9.59 Å². The largest absolute Gasteiger partial charge is 0.339 e. The summed E-state index contributed by atoms with van der Waals surface area (Å²) >= 11 is 0. The summed E-state index contributed by atoms with van der Waals surface area (Å²) in [5.41, 5.74) is 1.09. The predicted octanol–water partition coefficient (Wildman–Crippen LogP) is 2.87. The van der Waals surface area contributed by atoms with Crippen molar-refractivity contribution in [3.8, 4) is 0 Å². The average Bonchev–Trinajstić information content (AvgIpc) is 3.36. The van der Waals surface area contributed by atoms with Gasteiger partial charge in [-0.3, -0.25) is 14.4 Å². The number of anilines is 1. The molecule has 0 aromatic heterocycles. The van der Waals surface area contributed by atoms with Crippen LogP contribution in [0.2, 0.25) is 0 Å². The second-order valence-corrected chi connectivity index (χ2v) is 8.54. The van der Waals surface area contributed by atoms with Gasteiger partial charge in [-0.25, -0.2) is 4.90 Å². The molecule has 3 fully saturated rings. The van der Waals surface area contributed by atoms with Crippen molar-refractivity contribution < 1.29 is 14.4 Å². The molecule has 4 aliphatic rings. The smallest absolute Gasteiger partial charge is 0.253 e. The molecule has 2 bridgehead atoms. The summed E-state index contributed by atoms with van der Waals surface area (Å²) in [5.74, 6) is 0.416. The number of benzene rings is 1. The minimum absolute atomic E-state index is 0.00947. The van der Waals surface area contributed by atoms with Crippen molar-refractivity contribution in [1.82, 2.24) is 4.90 Å². The van der Waals surface area contributed by atoms with Crippen LogP contribution in [0.3, 0.4) is 0 Å². The lowest BCUT2D eigenvalue weighted by Gasteiger charge is -2.30. The summed E-state index contributed by atoms with van der Waals surface area (Å²) in [6.07, 6.45) is 7.16. The van der Waals surface area contributed by atoms with E-state index in [1.807, 2.05) is 4.90 Å². The number of nitrogens with zero attached hydrogens (tertiary/aromatic N) is 2. The van der Waals surface area contributed by atoms with Crippen LogP contribution in [0, 0.1) is 29.6 Å². The third-order valence-electron chi connectivity index (χ3n) is 6.89. The predicted molar refractivity (Wildman–Crippen MR) is 101 cm³/mol. The van der Waals surface area contributed by atoms with Gasteiger partial charge >= 0.3 is 0 Å². The number of allylic oxidation sites excluding steroid dienone is 2. The van der Waals surface area contributed by atoms with Gasteiger partial charge in [0, 0.05) is 18.7 Å². The normalized spacial score (nSPS) is 32.5. The third kappa shape index (κ3) is 2.47. The minimum Gasteiger partial charge on any atom is -0.339 e. The average molecular weight is 364 g/mol. The molecular formula is C22H24N2O3. The Morgan fingerprint density at radius 1 is 1.00 bits per heavy atom. The zero-order valence-electron chi connectivity index (χ0n) is 15.5. The summed E-state index contributed by atoms with van der Waals surface area (Å²) in [7, 11) is 0. The van der Waals surface area contributed by atoms with Gasteiger partial charge in [-0.15, -0.1) is 0 Å². The maximum absolute atomic E-state index is 13.0. The molecule has 5 heteroatoms. The van der Waals surface area contributed by atoms with Crippen molar-refractivity contribution in [2.24, 2.45) is 29.6 Å². The number of rotatable bonds is 2. The summed E-state index contributed by atoms with van der Waals surface area (Å²) in [5, 5.41) is 0. The fourth-order valence-corrected chi connectivity index (χ4v) is 5.33. The Morgan fingerprint density at radius 2 is 1.63 bits per heavy atom. The summed E-state index contributed by atoms with van der Waals surface area (Å²) in [6, 6.07) is 7.03. The van der Waals surface area contributed by atoms with Crippen LogP contribution in [-0.4, -0.2) is 35.7 Å². The van der Waals surface area contributed by atoms with Crippen LogP contribution in [0.15, 0.2) is 36.4 Å². The SMILES string of the molecule is CC1CCN(C(=O)c2cccc(N3C(=O)[C@@H]4[C@@H](C3=O)[C@H]3C=C[C@H]4C3)c2)CC1. The molecular weight excluding hydrogens is 340 g/mol. The number of hydrogen-bond donors (Lipinski definition) is 0. The van der Waals surface area contributed by atoms with E-state index in [9.17, 15) is 14.4 Å². The minimum atomic E-state index is -0.213. The fourth-order valence-electron chi connectivity index (χ4n) is 5.33. The van der Waals surface area contributed by atoms with Gasteiger partial charge in [0.1, 0.15) is 0 Å². The maximum Gasteiger partial charge on any atom is 0.253 e. The van der Waals surface area contributed by atoms with Gasteiger partial charge < -0.3 is 4.90 Å². The van der Waals surface area contributed by atoms with Crippen molar-refractivity contribution in [3.63, 3.8) is 0 Å². The Bertz CT molecular complexity index is 823. The Hall–Kier alpha value is -2.43. The van der Waals surface area contributed by atoms with Crippen LogP contribution in [0.5, 0.6) is 0 Å². The number of piperidine rings is 1. The first-order valence-electron chi connectivity index (χ1n) is 10.00. The van der Waals surface area contributed by atoms with E-state index in [0.29, 0.717) is 17.2 Å². The second-order valence-electron chi connectivity index (χ2n) is 8.54. The molecule has 0 N–H and O–H groups in total. The topological polar surface area (TPSA) is 57.7 Å². The van der Waals surface area contributed by atoms with E-state index in [4.69, 9.17) is 0 Å². The van der Waals surface area contributed by atoms with E-state index in [1.165, 1.54) is 4.90 Å². The zero-order chi connectivity index (χ0) is 18.7. The van der Waals surface area contributed by atoms with E-state index in [0.717, 1.165) is 32.4 Å². The van der Waals surface area contributed by atoms with Gasteiger partial charge in [0.15, 0.2) is 0 Å². The van der Waals surface area contributed by atoms with Crippen molar-refractivity contribution in [2.45, 2.75) is 26.2 Å². The standard InChI is InChI=1S/C22H24N2O3/c1-13-7-9-23(10-8-13)20(25)16-3-2-4-17(12-16)24-21(26)18-14-5-6-15(11-14)19(18)22(24)27/h2-6,12-15,18-19H,7-11H2,1H3/t14-,15-,18-,19-/m0/s1. The van der Waals surface area contributed by atoms with Crippen LogP contribution >= 0.6 is 0 Å². The molecule has 0 radical (unpaired) electrons. The van der Waals surface area contributed by atoms with E-state index in [-0.39, 0.29) is 41.4 Å². The number of carbonyl (C=O) groups is 3. The molecule has 2 aliphatic carbocycles. The number of imide groups is 1. The molecule has 5 nitrogen and oxygen atoms in total. The fraction of sp³-hybridized carbons (Fsp3) is 0.500. The van der Waals surface area contributed by atoms with Crippen molar-refractivity contribution in [1.29, 1.82) is 0 Å². The number of fused-ring (bicyclic) bond motifs is 5. The van der Waals surface area contributed by atoms with Crippen molar-refractivity contribution in [3.05, 3.63) is 42.0 Å². The van der Waals surface area contributed by atoms with E-state index >= 15 is 0 Å². The van der Waals surface area contributed by atoms with Crippen molar-refractivity contribution in [2.75, 3.05) is 18.0 Å². The highest BCUT2D eigenvalue weighted by Crippen LogP contribution is 2.53. The third-order valence-corrected chi connectivity index (χ3v) is 6.89. The van der Waals surface area contributed by atoms with Crippen LogP contribution < -0.4 is 4.90 Å². The number of hydrogen-bond acceptors (Lipinski definition) is 3. The second kappa shape index (κ2) is 6.04. The number of likely N-dealkylation sites (tertiary alicyclic amines) is 1. The van der Waals surface area contributed by atoms with Crippen LogP contribution in [0.25, 0.3) is 0 Å². The summed E-state index contributed by atoms with van der Waals surface area (Å²) in [6.45, 7) is 3.75. The van der Waals surface area contributed by atoms with Crippen LogP contribution in [0.1, 0.15) is 36.5 Å². The van der Waals surface area contributed by atoms with Gasteiger partial charge in [-0.2, -0.15) is 0 Å². The van der Waals surface area contributed by atoms with Gasteiger partial charge in [-0.05, 0) is 55.2 Å². The maximum atomic E-state index is 13.0. The molecule has 4 atom stereocenters. The molecule has 3 amide bonds. The van der Waals surface area contributed by atoms with E-state index < -0.39 is 0 Å². The molecule has 1 aromatic rings. The molecule has 2 saturated heterocycles. The summed E-state index contributed by atoms with van der Waals surface area (Å²) < 4.78 is 0. The number of amides is 3. The Morgan fingerprint density at radius 3 is 2.26 bits per heavy atom. The molecule has 5 rings (SSSR count). The molecule has 27 heavy (non-hydrogen) atoms. The van der Waals surface area contributed by atoms with Gasteiger partial charge in [0.25, 0.3) is 5.91 Å². The molecule has 1 aromatic carbocycles. The molecule has 2 heterocycles. The lowest BCUT2D eigenvalue weighted by atomic mass is 9.85. The lowest BCUT2D eigenvalue weighted by Crippen LogP contribution is -2.38. The molecule has 140 valence electrons. The summed E-state index contributed by atoms with van der Waals surface area (Å²) in [4.78, 5) is 42.0. The Balaban J connectivity index is 1.41.